The Morgan fingerprint density at radius 2 is 2.28 bits per heavy atom. The molecule has 1 aromatic heterocycles. The van der Waals surface area contributed by atoms with Crippen molar-refractivity contribution in [1.82, 2.24) is 9.78 Å². The molecule has 2 rings (SSSR count). The molecule has 0 fully saturated rings. The molecule has 1 heterocycles. The van der Waals surface area contributed by atoms with Crippen LogP contribution < -0.4 is 0 Å². The van der Waals surface area contributed by atoms with Gasteiger partial charge in [-0.1, -0.05) is 15.9 Å². The standard InChI is InChI=1S/C13H12BrFN2O/c1-2-17-8-9(7-16-17)5-13(18)11-6-10(15)3-4-12(11)14/h3-4,6-8H,2,5H2,1H3. The van der Waals surface area contributed by atoms with Gasteiger partial charge in [0.25, 0.3) is 0 Å². The number of hydrogen-bond acceptors (Lipinski definition) is 2. The molecule has 0 atom stereocenters. The second-order valence-electron chi connectivity index (χ2n) is 3.93. The summed E-state index contributed by atoms with van der Waals surface area (Å²) in [5.41, 5.74) is 1.19. The highest BCUT2D eigenvalue weighted by molar-refractivity contribution is 9.10. The Kier molecular flexibility index (Phi) is 3.91. The summed E-state index contributed by atoms with van der Waals surface area (Å²) < 4.78 is 15.5. The molecule has 0 aliphatic heterocycles. The first kappa shape index (κ1) is 13.0. The van der Waals surface area contributed by atoms with Crippen molar-refractivity contribution in [3.05, 3.63) is 52.0 Å². The van der Waals surface area contributed by atoms with Crippen LogP contribution in [0.15, 0.2) is 35.1 Å². The van der Waals surface area contributed by atoms with E-state index in [1.165, 1.54) is 18.2 Å². The molecule has 2 aromatic rings. The zero-order valence-corrected chi connectivity index (χ0v) is 11.4. The third-order valence-corrected chi connectivity index (χ3v) is 3.30. The Hall–Kier alpha value is -1.49. The number of Topliss-reactive ketones (excluding diaryl/α,β-unsaturated/α-hetero) is 1. The van der Waals surface area contributed by atoms with Gasteiger partial charge < -0.3 is 0 Å². The third-order valence-electron chi connectivity index (χ3n) is 2.60. The maximum atomic E-state index is 13.1. The van der Waals surface area contributed by atoms with E-state index in [4.69, 9.17) is 0 Å². The van der Waals surface area contributed by atoms with E-state index in [1.54, 1.807) is 10.9 Å². The summed E-state index contributed by atoms with van der Waals surface area (Å²) in [6.45, 7) is 2.74. The largest absolute Gasteiger partial charge is 0.294 e. The molecule has 0 aliphatic rings. The molecule has 94 valence electrons. The number of benzene rings is 1. The number of aromatic nitrogens is 2. The minimum Gasteiger partial charge on any atom is -0.294 e. The first-order chi connectivity index (χ1) is 8.60. The van der Waals surface area contributed by atoms with Crippen LogP contribution in [0.25, 0.3) is 0 Å². The van der Waals surface area contributed by atoms with Crippen LogP contribution in [0.4, 0.5) is 4.39 Å². The number of carbonyl (C=O) groups excluding carboxylic acids is 1. The van der Waals surface area contributed by atoms with Crippen molar-refractivity contribution >= 4 is 21.7 Å². The van der Waals surface area contributed by atoms with E-state index < -0.39 is 5.82 Å². The first-order valence-electron chi connectivity index (χ1n) is 5.59. The van der Waals surface area contributed by atoms with Crippen LogP contribution in [-0.2, 0) is 13.0 Å². The van der Waals surface area contributed by atoms with E-state index >= 15 is 0 Å². The molecule has 3 nitrogen and oxygen atoms in total. The van der Waals surface area contributed by atoms with Crippen molar-refractivity contribution in [2.45, 2.75) is 19.9 Å². The lowest BCUT2D eigenvalue weighted by Gasteiger charge is -2.02. The summed E-state index contributed by atoms with van der Waals surface area (Å²) in [4.78, 5) is 12.1. The van der Waals surface area contributed by atoms with Gasteiger partial charge in [-0.25, -0.2) is 4.39 Å². The van der Waals surface area contributed by atoms with Crippen molar-refractivity contribution in [3.8, 4) is 0 Å². The van der Waals surface area contributed by atoms with Crippen LogP contribution in [0.1, 0.15) is 22.8 Å². The van der Waals surface area contributed by atoms with Crippen LogP contribution >= 0.6 is 15.9 Å². The van der Waals surface area contributed by atoms with E-state index in [0.717, 1.165) is 12.1 Å². The fourth-order valence-corrected chi connectivity index (χ4v) is 2.13. The summed E-state index contributed by atoms with van der Waals surface area (Å²) in [6, 6.07) is 4.10. The number of aryl methyl sites for hydroxylation is 1. The average Bonchev–Trinajstić information content (AvgIpc) is 2.80. The molecule has 0 spiro atoms. The van der Waals surface area contributed by atoms with Gasteiger partial charge in [0.05, 0.1) is 6.20 Å². The zero-order chi connectivity index (χ0) is 13.1. The number of hydrogen-bond donors (Lipinski definition) is 0. The summed E-state index contributed by atoms with van der Waals surface area (Å²) in [5, 5.41) is 4.10. The maximum absolute atomic E-state index is 13.1. The fourth-order valence-electron chi connectivity index (χ4n) is 1.66. The Morgan fingerprint density at radius 1 is 1.50 bits per heavy atom. The van der Waals surface area contributed by atoms with E-state index in [2.05, 4.69) is 21.0 Å². The van der Waals surface area contributed by atoms with Gasteiger partial charge >= 0.3 is 0 Å². The molecule has 0 amide bonds. The summed E-state index contributed by atoms with van der Waals surface area (Å²) >= 11 is 3.25. The lowest BCUT2D eigenvalue weighted by atomic mass is 10.1. The molecular weight excluding hydrogens is 299 g/mol. The second-order valence-corrected chi connectivity index (χ2v) is 4.78. The quantitative estimate of drug-likeness (QED) is 0.813. The molecule has 5 heteroatoms. The Morgan fingerprint density at radius 3 is 2.94 bits per heavy atom. The highest BCUT2D eigenvalue weighted by atomic mass is 79.9. The van der Waals surface area contributed by atoms with Crippen LogP contribution in [0.2, 0.25) is 0 Å². The van der Waals surface area contributed by atoms with Gasteiger partial charge in [0.1, 0.15) is 5.82 Å². The first-order valence-corrected chi connectivity index (χ1v) is 6.39. The minimum absolute atomic E-state index is 0.128. The molecule has 0 radical (unpaired) electrons. The van der Waals surface area contributed by atoms with Gasteiger partial charge in [-0.2, -0.15) is 5.10 Å². The zero-order valence-electron chi connectivity index (χ0n) is 9.86. The van der Waals surface area contributed by atoms with E-state index in [9.17, 15) is 9.18 Å². The van der Waals surface area contributed by atoms with Crippen molar-refractivity contribution in [1.29, 1.82) is 0 Å². The summed E-state index contributed by atoms with van der Waals surface area (Å²) in [7, 11) is 0. The monoisotopic (exact) mass is 310 g/mol. The Labute approximate surface area is 113 Å². The topological polar surface area (TPSA) is 34.9 Å². The smallest absolute Gasteiger partial charge is 0.168 e. The molecule has 0 unspecified atom stereocenters. The SMILES string of the molecule is CCn1cc(CC(=O)c2cc(F)ccc2Br)cn1. The van der Waals surface area contributed by atoms with Crippen LogP contribution in [-0.4, -0.2) is 15.6 Å². The molecule has 0 aliphatic carbocycles. The lowest BCUT2D eigenvalue weighted by molar-refractivity contribution is 0.0992. The second kappa shape index (κ2) is 5.44. The molecule has 0 N–H and O–H groups in total. The van der Waals surface area contributed by atoms with Crippen molar-refractivity contribution in [2.24, 2.45) is 0 Å². The Bertz CT molecular complexity index is 580. The number of halogens is 2. The number of rotatable bonds is 4. The highest BCUT2D eigenvalue weighted by Crippen LogP contribution is 2.19. The fraction of sp³-hybridized carbons (Fsp3) is 0.231. The molecule has 0 bridgehead atoms. The lowest BCUT2D eigenvalue weighted by Crippen LogP contribution is -2.04. The van der Waals surface area contributed by atoms with Crippen LogP contribution in [0, 0.1) is 5.82 Å². The molecule has 0 saturated heterocycles. The normalized spacial score (nSPS) is 10.6. The molecule has 0 saturated carbocycles. The molecule has 1 aromatic carbocycles. The molecular formula is C13H12BrFN2O. The van der Waals surface area contributed by atoms with Crippen LogP contribution in [0.5, 0.6) is 0 Å². The van der Waals surface area contributed by atoms with Crippen LogP contribution in [0.3, 0.4) is 0 Å². The van der Waals surface area contributed by atoms with Gasteiger partial charge in [0.2, 0.25) is 0 Å². The summed E-state index contributed by atoms with van der Waals surface area (Å²) in [6.07, 6.45) is 3.71. The highest BCUT2D eigenvalue weighted by Gasteiger charge is 2.12. The third kappa shape index (κ3) is 2.85. The van der Waals surface area contributed by atoms with E-state index in [0.29, 0.717) is 10.0 Å². The molecule has 18 heavy (non-hydrogen) atoms. The predicted molar refractivity (Wildman–Crippen MR) is 70.0 cm³/mol. The van der Waals surface area contributed by atoms with Gasteiger partial charge in [-0.05, 0) is 30.7 Å². The van der Waals surface area contributed by atoms with Gasteiger partial charge in [0.15, 0.2) is 5.78 Å². The van der Waals surface area contributed by atoms with Crippen molar-refractivity contribution in [3.63, 3.8) is 0 Å². The van der Waals surface area contributed by atoms with E-state index in [1.807, 2.05) is 13.1 Å². The number of ketones is 1. The van der Waals surface area contributed by atoms with Gasteiger partial charge in [-0.15, -0.1) is 0 Å². The number of carbonyl (C=O) groups is 1. The average molecular weight is 311 g/mol. The van der Waals surface area contributed by atoms with Gasteiger partial charge in [0, 0.05) is 29.2 Å². The number of nitrogens with zero attached hydrogens (tertiary/aromatic N) is 2. The minimum atomic E-state index is -0.411. The van der Waals surface area contributed by atoms with Crippen molar-refractivity contribution in [2.75, 3.05) is 0 Å². The van der Waals surface area contributed by atoms with Gasteiger partial charge in [-0.3, -0.25) is 9.48 Å². The Balaban J connectivity index is 2.19. The predicted octanol–water partition coefficient (Wildman–Crippen LogP) is 3.23. The van der Waals surface area contributed by atoms with E-state index in [-0.39, 0.29) is 12.2 Å². The summed E-state index contributed by atoms with van der Waals surface area (Å²) in [5.74, 6) is -0.539. The van der Waals surface area contributed by atoms with Crippen molar-refractivity contribution < 1.29 is 9.18 Å². The maximum Gasteiger partial charge on any atom is 0.168 e.